The standard InChI is InChI=1S/C24H24Cl2N6O.H2S/c1-15-10-20(31-9-7-28-14-31)17-5-2-6-21(23(17)30-15)33-13-18-19(25)12-29-24(22(18)26)32-8-3-4-16(32)11-27;/h2,5-7,9-10,12,14,16H,3-4,8,11,13,27H2,1H3;1H2/t16-;/m0./s1. The molecule has 0 saturated carbocycles. The third-order valence-electron chi connectivity index (χ3n) is 6.03. The number of fused-ring (bicyclic) bond motifs is 1. The maximum absolute atomic E-state index is 6.78. The number of nitrogens with zero attached hydrogens (tertiary/aromatic N) is 5. The van der Waals surface area contributed by atoms with Crippen LogP contribution in [0.15, 0.2) is 49.2 Å². The normalized spacial score (nSPS) is 15.5. The Morgan fingerprint density at radius 1 is 1.26 bits per heavy atom. The molecule has 4 aromatic rings. The lowest BCUT2D eigenvalue weighted by Gasteiger charge is -2.26. The maximum Gasteiger partial charge on any atom is 0.148 e. The highest BCUT2D eigenvalue weighted by atomic mass is 35.5. The molecule has 5 rings (SSSR count). The van der Waals surface area contributed by atoms with Gasteiger partial charge in [-0.2, -0.15) is 13.5 Å². The van der Waals surface area contributed by atoms with Crippen LogP contribution in [-0.4, -0.2) is 38.7 Å². The summed E-state index contributed by atoms with van der Waals surface area (Å²) in [6, 6.07) is 8.14. The molecular weight excluding hydrogens is 491 g/mol. The number of imidazole rings is 1. The van der Waals surface area contributed by atoms with Gasteiger partial charge in [0.2, 0.25) is 0 Å². The average Bonchev–Trinajstić information content (AvgIpc) is 3.51. The van der Waals surface area contributed by atoms with Crippen LogP contribution in [-0.2, 0) is 6.61 Å². The van der Waals surface area contributed by atoms with Gasteiger partial charge in [0, 0.05) is 54.4 Å². The lowest BCUT2D eigenvalue weighted by molar-refractivity contribution is 0.309. The summed E-state index contributed by atoms with van der Waals surface area (Å²) in [6.45, 7) is 3.60. The fourth-order valence-electron chi connectivity index (χ4n) is 4.39. The van der Waals surface area contributed by atoms with Crippen LogP contribution in [0.4, 0.5) is 5.82 Å². The van der Waals surface area contributed by atoms with Gasteiger partial charge in [0.25, 0.3) is 0 Å². The minimum Gasteiger partial charge on any atom is -0.487 e. The van der Waals surface area contributed by atoms with Crippen molar-refractivity contribution < 1.29 is 4.74 Å². The first-order valence-corrected chi connectivity index (χ1v) is 11.6. The average molecular weight is 517 g/mol. The molecule has 1 aliphatic rings. The number of hydrogen-bond donors (Lipinski definition) is 1. The molecule has 34 heavy (non-hydrogen) atoms. The van der Waals surface area contributed by atoms with Crippen molar-refractivity contribution in [2.45, 2.75) is 32.4 Å². The number of pyridine rings is 2. The Hall–Kier alpha value is -2.52. The van der Waals surface area contributed by atoms with Crippen molar-refractivity contribution in [1.82, 2.24) is 19.5 Å². The lowest BCUT2D eigenvalue weighted by atomic mass is 10.1. The molecule has 3 aromatic heterocycles. The highest BCUT2D eigenvalue weighted by Crippen LogP contribution is 2.37. The third kappa shape index (κ3) is 4.55. The predicted molar refractivity (Wildman–Crippen MR) is 142 cm³/mol. The van der Waals surface area contributed by atoms with E-state index in [9.17, 15) is 0 Å². The van der Waals surface area contributed by atoms with Gasteiger partial charge in [-0.3, -0.25) is 0 Å². The quantitative estimate of drug-likeness (QED) is 0.386. The number of aryl methyl sites for hydroxylation is 1. The van der Waals surface area contributed by atoms with Gasteiger partial charge in [0.15, 0.2) is 0 Å². The summed E-state index contributed by atoms with van der Waals surface area (Å²) in [5.74, 6) is 1.37. The fourth-order valence-corrected chi connectivity index (χ4v) is 4.95. The monoisotopic (exact) mass is 516 g/mol. The van der Waals surface area contributed by atoms with E-state index in [4.69, 9.17) is 38.7 Å². The zero-order valence-electron chi connectivity index (χ0n) is 18.7. The van der Waals surface area contributed by atoms with Crippen LogP contribution < -0.4 is 15.4 Å². The van der Waals surface area contributed by atoms with Gasteiger partial charge in [0.1, 0.15) is 23.7 Å². The fraction of sp³-hybridized carbons (Fsp3) is 0.292. The second-order valence-electron chi connectivity index (χ2n) is 8.14. The number of hydrogen-bond acceptors (Lipinski definition) is 6. The van der Waals surface area contributed by atoms with Gasteiger partial charge >= 0.3 is 0 Å². The molecule has 4 heterocycles. The summed E-state index contributed by atoms with van der Waals surface area (Å²) in [4.78, 5) is 15.6. The Labute approximate surface area is 215 Å². The summed E-state index contributed by atoms with van der Waals surface area (Å²) in [5, 5.41) is 1.94. The Morgan fingerprint density at radius 2 is 2.12 bits per heavy atom. The van der Waals surface area contributed by atoms with Crippen LogP contribution in [0.2, 0.25) is 10.0 Å². The van der Waals surface area contributed by atoms with Crippen LogP contribution in [0, 0.1) is 6.92 Å². The highest BCUT2D eigenvalue weighted by Gasteiger charge is 2.27. The van der Waals surface area contributed by atoms with Crippen molar-refractivity contribution in [3.8, 4) is 11.4 Å². The zero-order valence-corrected chi connectivity index (χ0v) is 21.2. The van der Waals surface area contributed by atoms with Gasteiger partial charge in [-0.1, -0.05) is 35.3 Å². The molecule has 1 fully saturated rings. The first kappa shape index (κ1) is 24.6. The van der Waals surface area contributed by atoms with Crippen molar-refractivity contribution >= 4 is 53.4 Å². The van der Waals surface area contributed by atoms with Crippen LogP contribution in [0.25, 0.3) is 16.6 Å². The maximum atomic E-state index is 6.78. The molecule has 1 aliphatic heterocycles. The number of aromatic nitrogens is 4. The number of benzene rings is 1. The Bertz CT molecular complexity index is 1300. The molecule has 1 atom stereocenters. The molecular formula is C24H26Cl2N6OS. The van der Waals surface area contributed by atoms with Crippen molar-refractivity contribution in [2.75, 3.05) is 18.0 Å². The SMILES string of the molecule is Cc1cc(-n2ccnc2)c2cccc(OCc3c(Cl)cnc(N4CCC[C@H]4CN)c3Cl)c2n1.S. The Kier molecular flexibility index (Phi) is 7.52. The van der Waals surface area contributed by atoms with E-state index in [-0.39, 0.29) is 26.1 Å². The number of anilines is 1. The molecule has 1 aromatic carbocycles. The number of halogens is 2. The van der Waals surface area contributed by atoms with Crippen molar-refractivity contribution in [3.63, 3.8) is 0 Å². The molecule has 0 amide bonds. The van der Waals surface area contributed by atoms with Crippen molar-refractivity contribution in [3.05, 3.63) is 70.5 Å². The van der Waals surface area contributed by atoms with Gasteiger partial charge in [-0.15, -0.1) is 0 Å². The van der Waals surface area contributed by atoms with Crippen molar-refractivity contribution in [2.24, 2.45) is 5.73 Å². The third-order valence-corrected chi connectivity index (χ3v) is 6.76. The van der Waals surface area contributed by atoms with Gasteiger partial charge in [0.05, 0.1) is 22.1 Å². The number of para-hydroxylation sites is 1. The van der Waals surface area contributed by atoms with E-state index < -0.39 is 0 Å². The van der Waals surface area contributed by atoms with E-state index in [0.29, 0.717) is 33.7 Å². The molecule has 178 valence electrons. The first-order valence-electron chi connectivity index (χ1n) is 10.9. The first-order chi connectivity index (χ1) is 16.1. The minimum atomic E-state index is 0. The summed E-state index contributed by atoms with van der Waals surface area (Å²) in [6.07, 6.45) is 9.16. The van der Waals surface area contributed by atoms with E-state index in [1.807, 2.05) is 42.0 Å². The Balaban J connectivity index is 0.00000274. The minimum absolute atomic E-state index is 0. The smallest absolute Gasteiger partial charge is 0.148 e. The molecule has 0 bridgehead atoms. The lowest BCUT2D eigenvalue weighted by Crippen LogP contribution is -2.36. The van der Waals surface area contributed by atoms with Crippen LogP contribution in [0.1, 0.15) is 24.1 Å². The van der Waals surface area contributed by atoms with Crippen LogP contribution in [0.5, 0.6) is 5.75 Å². The molecule has 7 nitrogen and oxygen atoms in total. The zero-order chi connectivity index (χ0) is 22.9. The molecule has 0 radical (unpaired) electrons. The van der Waals surface area contributed by atoms with E-state index in [1.54, 1.807) is 18.7 Å². The summed E-state index contributed by atoms with van der Waals surface area (Å²) in [5.41, 5.74) is 9.29. The highest BCUT2D eigenvalue weighted by molar-refractivity contribution is 7.59. The summed E-state index contributed by atoms with van der Waals surface area (Å²) >= 11 is 13.3. The summed E-state index contributed by atoms with van der Waals surface area (Å²) in [7, 11) is 0. The van der Waals surface area contributed by atoms with Gasteiger partial charge in [-0.05, 0) is 31.9 Å². The number of nitrogens with two attached hydrogens (primary N) is 1. The van der Waals surface area contributed by atoms with Gasteiger partial charge in [-0.25, -0.2) is 15.0 Å². The molecule has 10 heteroatoms. The molecule has 1 saturated heterocycles. The van der Waals surface area contributed by atoms with Crippen molar-refractivity contribution in [1.29, 1.82) is 0 Å². The van der Waals surface area contributed by atoms with E-state index >= 15 is 0 Å². The second-order valence-corrected chi connectivity index (χ2v) is 8.93. The van der Waals surface area contributed by atoms with E-state index in [1.165, 1.54) is 0 Å². The van der Waals surface area contributed by atoms with Crippen LogP contribution >= 0.6 is 36.7 Å². The van der Waals surface area contributed by atoms with Gasteiger partial charge < -0.3 is 19.9 Å². The summed E-state index contributed by atoms with van der Waals surface area (Å²) < 4.78 is 8.20. The molecule has 0 unspecified atom stereocenters. The Morgan fingerprint density at radius 3 is 2.88 bits per heavy atom. The number of ether oxygens (including phenoxy) is 1. The molecule has 0 aliphatic carbocycles. The molecule has 0 spiro atoms. The molecule has 2 N–H and O–H groups in total. The second kappa shape index (κ2) is 10.4. The van der Waals surface area contributed by atoms with E-state index in [2.05, 4.69) is 14.9 Å². The van der Waals surface area contributed by atoms with Crippen LogP contribution in [0.3, 0.4) is 0 Å². The van der Waals surface area contributed by atoms with E-state index in [0.717, 1.165) is 41.7 Å². The predicted octanol–water partition coefficient (Wildman–Crippen LogP) is 5.05. The largest absolute Gasteiger partial charge is 0.487 e. The topological polar surface area (TPSA) is 82.1 Å². The number of rotatable bonds is 6.